The molecule has 2 saturated heterocycles. The first kappa shape index (κ1) is 15.7. The Balaban J connectivity index is 1.71. The van der Waals surface area contributed by atoms with E-state index in [4.69, 9.17) is 4.74 Å². The number of hydrogen-bond acceptors (Lipinski definition) is 6. The molecular formula is C16H24N4OS. The molecule has 0 N–H and O–H groups in total. The van der Waals surface area contributed by atoms with Crippen LogP contribution in [0.3, 0.4) is 0 Å². The molecule has 2 atom stereocenters. The van der Waals surface area contributed by atoms with E-state index in [0.717, 1.165) is 29.4 Å². The van der Waals surface area contributed by atoms with Crippen LogP contribution in [-0.4, -0.2) is 54.7 Å². The standard InChI is InChI=1S/C16H24N4OS/c1-11-15(10-17)16(22-18-11)19(2)14-8-12-4-5-13(9-14)20(12)6-7-21-3/h12-14H,4-9H2,1-3H3. The number of anilines is 1. The van der Waals surface area contributed by atoms with Gasteiger partial charge in [0.1, 0.15) is 16.6 Å². The number of methoxy groups -OCH3 is 1. The molecular weight excluding hydrogens is 296 g/mol. The summed E-state index contributed by atoms with van der Waals surface area (Å²) in [5, 5.41) is 10.4. The number of nitrogens with zero attached hydrogens (tertiary/aromatic N) is 4. The fourth-order valence-electron chi connectivity index (χ4n) is 4.02. The average molecular weight is 320 g/mol. The number of piperidine rings is 1. The predicted molar refractivity (Wildman–Crippen MR) is 88.4 cm³/mol. The quantitative estimate of drug-likeness (QED) is 0.834. The summed E-state index contributed by atoms with van der Waals surface area (Å²) >= 11 is 1.46. The van der Waals surface area contributed by atoms with Crippen LogP contribution in [0.2, 0.25) is 0 Å². The zero-order valence-electron chi connectivity index (χ0n) is 13.6. The fraction of sp³-hybridized carbons (Fsp3) is 0.750. The van der Waals surface area contributed by atoms with Crippen LogP contribution in [0.5, 0.6) is 0 Å². The SMILES string of the molecule is COCCN1C2CCC1CC(N(C)c1snc(C)c1C#N)C2. The van der Waals surface area contributed by atoms with Gasteiger partial charge in [-0.1, -0.05) is 0 Å². The van der Waals surface area contributed by atoms with Gasteiger partial charge in [0.2, 0.25) is 0 Å². The van der Waals surface area contributed by atoms with Crippen molar-refractivity contribution in [3.8, 4) is 6.07 Å². The molecule has 22 heavy (non-hydrogen) atoms. The van der Waals surface area contributed by atoms with E-state index < -0.39 is 0 Å². The highest BCUT2D eigenvalue weighted by atomic mass is 32.1. The number of fused-ring (bicyclic) bond motifs is 2. The van der Waals surface area contributed by atoms with Crippen molar-refractivity contribution in [2.75, 3.05) is 32.2 Å². The Bertz CT molecular complexity index is 553. The molecule has 120 valence electrons. The van der Waals surface area contributed by atoms with E-state index in [2.05, 4.69) is 27.3 Å². The lowest BCUT2D eigenvalue weighted by atomic mass is 9.96. The molecule has 2 aliphatic rings. The van der Waals surface area contributed by atoms with Crippen LogP contribution in [0, 0.1) is 18.3 Å². The van der Waals surface area contributed by atoms with Crippen LogP contribution in [0.1, 0.15) is 36.9 Å². The maximum atomic E-state index is 9.36. The highest BCUT2D eigenvalue weighted by Gasteiger charge is 2.42. The maximum Gasteiger partial charge on any atom is 0.130 e. The summed E-state index contributed by atoms with van der Waals surface area (Å²) in [4.78, 5) is 4.94. The zero-order valence-corrected chi connectivity index (χ0v) is 14.4. The van der Waals surface area contributed by atoms with Gasteiger partial charge in [-0.3, -0.25) is 4.90 Å². The van der Waals surface area contributed by atoms with Crippen LogP contribution in [0.4, 0.5) is 5.00 Å². The van der Waals surface area contributed by atoms with Gasteiger partial charge in [-0.15, -0.1) is 0 Å². The topological polar surface area (TPSA) is 52.4 Å². The summed E-state index contributed by atoms with van der Waals surface area (Å²) in [6.45, 7) is 3.79. The van der Waals surface area contributed by atoms with Crippen molar-refractivity contribution in [1.82, 2.24) is 9.27 Å². The van der Waals surface area contributed by atoms with Crippen molar-refractivity contribution in [2.24, 2.45) is 0 Å². The maximum absolute atomic E-state index is 9.36. The first-order chi connectivity index (χ1) is 10.7. The number of hydrogen-bond donors (Lipinski definition) is 0. The third-order valence-corrected chi connectivity index (χ3v) is 6.27. The summed E-state index contributed by atoms with van der Waals surface area (Å²) in [5.74, 6) is 0. The van der Waals surface area contributed by atoms with Crippen LogP contribution in [0.25, 0.3) is 0 Å². The van der Waals surface area contributed by atoms with E-state index in [9.17, 15) is 5.26 Å². The second-order valence-electron chi connectivity index (χ2n) is 6.41. The molecule has 0 aromatic carbocycles. The summed E-state index contributed by atoms with van der Waals surface area (Å²) in [6.07, 6.45) is 4.95. The second-order valence-corrected chi connectivity index (χ2v) is 7.16. The lowest BCUT2D eigenvalue weighted by Gasteiger charge is -2.42. The minimum Gasteiger partial charge on any atom is -0.383 e. The van der Waals surface area contributed by atoms with E-state index in [1.807, 2.05) is 6.92 Å². The first-order valence-corrected chi connectivity index (χ1v) is 8.77. The molecule has 0 saturated carbocycles. The van der Waals surface area contributed by atoms with Crippen molar-refractivity contribution in [2.45, 2.75) is 50.7 Å². The molecule has 0 aliphatic carbocycles. The molecule has 0 spiro atoms. The van der Waals surface area contributed by atoms with E-state index in [1.54, 1.807) is 7.11 Å². The molecule has 3 heterocycles. The van der Waals surface area contributed by atoms with Crippen molar-refractivity contribution >= 4 is 16.5 Å². The highest BCUT2D eigenvalue weighted by molar-refractivity contribution is 7.10. The Morgan fingerprint density at radius 3 is 2.68 bits per heavy atom. The van der Waals surface area contributed by atoms with E-state index in [1.165, 1.54) is 37.2 Å². The van der Waals surface area contributed by atoms with Gasteiger partial charge in [0.15, 0.2) is 0 Å². The summed E-state index contributed by atoms with van der Waals surface area (Å²) in [7, 11) is 3.90. The predicted octanol–water partition coefficient (Wildman–Crippen LogP) is 2.40. The molecule has 6 heteroatoms. The van der Waals surface area contributed by atoms with Gasteiger partial charge in [-0.05, 0) is 44.1 Å². The van der Waals surface area contributed by atoms with Gasteiger partial charge in [0, 0.05) is 38.8 Å². The summed E-state index contributed by atoms with van der Waals surface area (Å²) in [5.41, 5.74) is 1.61. The van der Waals surface area contributed by atoms with Crippen LogP contribution in [0.15, 0.2) is 0 Å². The molecule has 2 aliphatic heterocycles. The normalized spacial score (nSPS) is 27.8. The van der Waals surface area contributed by atoms with E-state index in [0.29, 0.717) is 18.1 Å². The Hall–Kier alpha value is -1.16. The minimum absolute atomic E-state index is 0.517. The molecule has 2 unspecified atom stereocenters. The van der Waals surface area contributed by atoms with Crippen LogP contribution in [-0.2, 0) is 4.74 Å². The summed E-state index contributed by atoms with van der Waals surface area (Å²) in [6, 6.07) is 4.17. The molecule has 2 fully saturated rings. The average Bonchev–Trinajstić information content (AvgIpc) is 3.00. The van der Waals surface area contributed by atoms with Gasteiger partial charge in [-0.2, -0.15) is 9.64 Å². The highest BCUT2D eigenvalue weighted by Crippen LogP contribution is 2.39. The monoisotopic (exact) mass is 320 g/mol. The van der Waals surface area contributed by atoms with Gasteiger partial charge >= 0.3 is 0 Å². The molecule has 3 rings (SSSR count). The molecule has 0 amide bonds. The van der Waals surface area contributed by atoms with Gasteiger partial charge < -0.3 is 9.64 Å². The number of nitriles is 1. The Labute approximate surface area is 136 Å². The zero-order chi connectivity index (χ0) is 15.7. The smallest absolute Gasteiger partial charge is 0.130 e. The Kier molecular flexibility index (Phi) is 4.67. The number of ether oxygens (including phenoxy) is 1. The third-order valence-electron chi connectivity index (χ3n) is 5.24. The first-order valence-electron chi connectivity index (χ1n) is 7.99. The Morgan fingerprint density at radius 1 is 1.41 bits per heavy atom. The van der Waals surface area contributed by atoms with Crippen molar-refractivity contribution in [3.63, 3.8) is 0 Å². The third kappa shape index (κ3) is 2.73. The van der Waals surface area contributed by atoms with Crippen molar-refractivity contribution in [3.05, 3.63) is 11.3 Å². The van der Waals surface area contributed by atoms with E-state index in [-0.39, 0.29) is 0 Å². The largest absolute Gasteiger partial charge is 0.383 e. The fourth-order valence-corrected chi connectivity index (χ4v) is 4.89. The lowest BCUT2D eigenvalue weighted by Crippen LogP contribution is -2.50. The molecule has 5 nitrogen and oxygen atoms in total. The van der Waals surface area contributed by atoms with Crippen LogP contribution >= 0.6 is 11.5 Å². The minimum atomic E-state index is 0.517. The molecule has 1 aromatic rings. The van der Waals surface area contributed by atoms with E-state index >= 15 is 0 Å². The lowest BCUT2D eigenvalue weighted by molar-refractivity contribution is 0.0832. The Morgan fingerprint density at radius 2 is 2.09 bits per heavy atom. The van der Waals surface area contributed by atoms with Crippen molar-refractivity contribution < 1.29 is 4.74 Å². The van der Waals surface area contributed by atoms with Gasteiger partial charge in [0.25, 0.3) is 0 Å². The van der Waals surface area contributed by atoms with Gasteiger partial charge in [-0.25, -0.2) is 0 Å². The number of aryl methyl sites for hydroxylation is 1. The molecule has 2 bridgehead atoms. The molecule has 0 radical (unpaired) electrons. The number of aromatic nitrogens is 1. The van der Waals surface area contributed by atoms with Crippen molar-refractivity contribution in [1.29, 1.82) is 5.26 Å². The summed E-state index contributed by atoms with van der Waals surface area (Å²) < 4.78 is 9.61. The number of rotatable bonds is 5. The second kappa shape index (κ2) is 6.53. The molecule has 1 aromatic heterocycles. The van der Waals surface area contributed by atoms with Gasteiger partial charge in [0.05, 0.1) is 12.3 Å². The van der Waals surface area contributed by atoms with Crippen LogP contribution < -0.4 is 4.90 Å².